The summed E-state index contributed by atoms with van der Waals surface area (Å²) in [4.78, 5) is 16.9. The van der Waals surface area contributed by atoms with Crippen molar-refractivity contribution < 1.29 is 14.3 Å². The van der Waals surface area contributed by atoms with Gasteiger partial charge >= 0.3 is 0 Å². The Morgan fingerprint density at radius 2 is 1.84 bits per heavy atom. The van der Waals surface area contributed by atoms with Gasteiger partial charge in [0.25, 0.3) is 5.91 Å². The van der Waals surface area contributed by atoms with E-state index in [0.717, 1.165) is 26.1 Å². The van der Waals surface area contributed by atoms with Crippen molar-refractivity contribution in [2.75, 3.05) is 18.5 Å². The number of nitrogens with one attached hydrogen (secondary N) is 1. The van der Waals surface area contributed by atoms with Gasteiger partial charge in [-0.25, -0.2) is 0 Å². The molecule has 160 valence electrons. The van der Waals surface area contributed by atoms with E-state index in [2.05, 4.69) is 58.0 Å². The topological polar surface area (TPSA) is 59.9 Å². The standard InChI is InChI=1S/C25H25IN2O3/c1-4-30-23-14-19(15-27-22-12-17(2)10-11-18(22)3)13-21(26)25(23)31-16-24(29)28-20-8-6-5-7-9-20/h5-15H,4,16H2,1-3H3,(H,28,29). The number of anilines is 1. The van der Waals surface area contributed by atoms with Crippen LogP contribution in [0.1, 0.15) is 23.6 Å². The third-order valence-electron chi connectivity index (χ3n) is 4.45. The van der Waals surface area contributed by atoms with Gasteiger partial charge in [0.05, 0.1) is 15.9 Å². The van der Waals surface area contributed by atoms with E-state index in [0.29, 0.717) is 18.1 Å². The van der Waals surface area contributed by atoms with Gasteiger partial charge in [0.15, 0.2) is 18.1 Å². The second-order valence-electron chi connectivity index (χ2n) is 7.01. The number of rotatable bonds is 8. The first-order valence-electron chi connectivity index (χ1n) is 10.0. The van der Waals surface area contributed by atoms with Crippen LogP contribution in [0.15, 0.2) is 65.7 Å². The zero-order chi connectivity index (χ0) is 22.2. The minimum absolute atomic E-state index is 0.110. The van der Waals surface area contributed by atoms with Crippen LogP contribution < -0.4 is 14.8 Å². The van der Waals surface area contributed by atoms with Crippen molar-refractivity contribution in [2.24, 2.45) is 4.99 Å². The summed E-state index contributed by atoms with van der Waals surface area (Å²) >= 11 is 2.19. The maximum Gasteiger partial charge on any atom is 0.262 e. The molecular formula is C25H25IN2O3. The molecule has 0 spiro atoms. The second kappa shape index (κ2) is 10.9. The van der Waals surface area contributed by atoms with Crippen LogP contribution in [-0.2, 0) is 4.79 Å². The van der Waals surface area contributed by atoms with Crippen molar-refractivity contribution in [3.8, 4) is 11.5 Å². The SMILES string of the molecule is CCOc1cc(C=Nc2cc(C)ccc2C)cc(I)c1OCC(=O)Nc1ccccc1. The van der Waals surface area contributed by atoms with E-state index in [1.165, 1.54) is 5.56 Å². The lowest BCUT2D eigenvalue weighted by Crippen LogP contribution is -2.20. The number of hydrogen-bond donors (Lipinski definition) is 1. The van der Waals surface area contributed by atoms with Crippen molar-refractivity contribution in [3.05, 3.63) is 80.9 Å². The molecule has 1 amide bonds. The number of nitrogens with zero attached hydrogens (tertiary/aromatic N) is 1. The van der Waals surface area contributed by atoms with Gasteiger partial charge in [0.2, 0.25) is 0 Å². The Balaban J connectivity index is 1.76. The average Bonchev–Trinajstić information content (AvgIpc) is 2.74. The number of aliphatic imine (C=N–C) groups is 1. The molecule has 0 radical (unpaired) electrons. The van der Waals surface area contributed by atoms with Crippen LogP contribution in [0.5, 0.6) is 11.5 Å². The average molecular weight is 528 g/mol. The Labute approximate surface area is 196 Å². The Morgan fingerprint density at radius 1 is 1.06 bits per heavy atom. The van der Waals surface area contributed by atoms with Gasteiger partial charge in [-0.15, -0.1) is 0 Å². The molecule has 31 heavy (non-hydrogen) atoms. The zero-order valence-electron chi connectivity index (χ0n) is 17.8. The summed E-state index contributed by atoms with van der Waals surface area (Å²) in [6, 6.07) is 19.3. The van der Waals surface area contributed by atoms with Crippen molar-refractivity contribution in [3.63, 3.8) is 0 Å². The highest BCUT2D eigenvalue weighted by Crippen LogP contribution is 2.34. The smallest absolute Gasteiger partial charge is 0.262 e. The molecule has 0 atom stereocenters. The first-order chi connectivity index (χ1) is 15.0. The lowest BCUT2D eigenvalue weighted by molar-refractivity contribution is -0.118. The van der Waals surface area contributed by atoms with Crippen LogP contribution in [0.3, 0.4) is 0 Å². The summed E-state index contributed by atoms with van der Waals surface area (Å²) in [5.41, 5.74) is 4.85. The van der Waals surface area contributed by atoms with Crippen molar-refractivity contribution in [1.82, 2.24) is 0 Å². The van der Waals surface area contributed by atoms with Gasteiger partial charge in [-0.2, -0.15) is 0 Å². The van der Waals surface area contributed by atoms with Crippen LogP contribution in [0.2, 0.25) is 0 Å². The number of benzene rings is 3. The fraction of sp³-hybridized carbons (Fsp3) is 0.200. The highest BCUT2D eigenvalue weighted by molar-refractivity contribution is 14.1. The normalized spacial score (nSPS) is 10.8. The fourth-order valence-electron chi connectivity index (χ4n) is 2.92. The third kappa shape index (κ3) is 6.55. The molecule has 3 aromatic carbocycles. The number of hydrogen-bond acceptors (Lipinski definition) is 4. The quantitative estimate of drug-likeness (QED) is 0.285. The fourth-order valence-corrected chi connectivity index (χ4v) is 3.71. The molecule has 3 aromatic rings. The van der Waals surface area contributed by atoms with Crippen molar-refractivity contribution in [2.45, 2.75) is 20.8 Å². The lowest BCUT2D eigenvalue weighted by atomic mass is 10.1. The summed E-state index contributed by atoms with van der Waals surface area (Å²) in [6.45, 7) is 6.38. The minimum Gasteiger partial charge on any atom is -0.490 e. The van der Waals surface area contributed by atoms with E-state index < -0.39 is 0 Å². The highest BCUT2D eigenvalue weighted by atomic mass is 127. The molecule has 0 unspecified atom stereocenters. The summed E-state index contributed by atoms with van der Waals surface area (Å²) in [7, 11) is 0. The highest BCUT2D eigenvalue weighted by Gasteiger charge is 2.14. The Hall–Kier alpha value is -2.87. The number of carbonyl (C=O) groups excluding carboxylic acids is 1. The third-order valence-corrected chi connectivity index (χ3v) is 5.26. The maximum atomic E-state index is 12.3. The van der Waals surface area contributed by atoms with E-state index in [-0.39, 0.29) is 12.5 Å². The van der Waals surface area contributed by atoms with Gasteiger partial charge in [-0.3, -0.25) is 9.79 Å². The van der Waals surface area contributed by atoms with E-state index >= 15 is 0 Å². The molecule has 0 aliphatic carbocycles. The van der Waals surface area contributed by atoms with Crippen LogP contribution in [0.25, 0.3) is 0 Å². The van der Waals surface area contributed by atoms with E-state index in [1.807, 2.05) is 62.5 Å². The van der Waals surface area contributed by atoms with E-state index in [4.69, 9.17) is 9.47 Å². The van der Waals surface area contributed by atoms with Gasteiger partial charge in [-0.1, -0.05) is 30.3 Å². The van der Waals surface area contributed by atoms with Gasteiger partial charge in [0.1, 0.15) is 0 Å². The lowest BCUT2D eigenvalue weighted by Gasteiger charge is -2.14. The van der Waals surface area contributed by atoms with Gasteiger partial charge in [-0.05, 0) is 90.4 Å². The second-order valence-corrected chi connectivity index (χ2v) is 8.18. The first kappa shape index (κ1) is 22.8. The maximum absolute atomic E-state index is 12.3. The predicted octanol–water partition coefficient (Wildman–Crippen LogP) is 6.07. The molecule has 0 aromatic heterocycles. The number of halogens is 1. The summed E-state index contributed by atoms with van der Waals surface area (Å²) in [6.07, 6.45) is 1.82. The molecular weight excluding hydrogens is 503 g/mol. The molecule has 6 heteroatoms. The van der Waals surface area contributed by atoms with E-state index in [1.54, 1.807) is 0 Å². The summed E-state index contributed by atoms with van der Waals surface area (Å²) in [5.74, 6) is 0.906. The molecule has 1 N–H and O–H groups in total. The monoisotopic (exact) mass is 528 g/mol. The minimum atomic E-state index is -0.231. The Bertz CT molecular complexity index is 1080. The van der Waals surface area contributed by atoms with Crippen molar-refractivity contribution in [1.29, 1.82) is 0 Å². The number of carbonyl (C=O) groups is 1. The molecule has 3 rings (SSSR count). The largest absolute Gasteiger partial charge is 0.490 e. The first-order valence-corrected chi connectivity index (χ1v) is 11.1. The van der Waals surface area contributed by atoms with Crippen LogP contribution >= 0.6 is 22.6 Å². The number of para-hydroxylation sites is 1. The van der Waals surface area contributed by atoms with Gasteiger partial charge < -0.3 is 14.8 Å². The Kier molecular flexibility index (Phi) is 8.06. The number of amides is 1. The molecule has 0 heterocycles. The van der Waals surface area contributed by atoms with E-state index in [9.17, 15) is 4.79 Å². The molecule has 0 aliphatic rings. The molecule has 5 nitrogen and oxygen atoms in total. The molecule has 0 saturated carbocycles. The van der Waals surface area contributed by atoms with Crippen molar-refractivity contribution >= 4 is 46.1 Å². The number of ether oxygens (including phenoxy) is 2. The van der Waals surface area contributed by atoms with Crippen LogP contribution in [0, 0.1) is 17.4 Å². The van der Waals surface area contributed by atoms with Crippen LogP contribution in [-0.4, -0.2) is 25.3 Å². The summed E-state index contributed by atoms with van der Waals surface area (Å²) in [5, 5.41) is 2.81. The molecule has 0 aliphatic heterocycles. The predicted molar refractivity (Wildman–Crippen MR) is 134 cm³/mol. The molecule has 0 bridgehead atoms. The van der Waals surface area contributed by atoms with Gasteiger partial charge in [0, 0.05) is 11.9 Å². The summed E-state index contributed by atoms with van der Waals surface area (Å²) < 4.78 is 12.4. The Morgan fingerprint density at radius 3 is 2.58 bits per heavy atom. The molecule has 0 fully saturated rings. The molecule has 0 saturated heterocycles. The number of aryl methyl sites for hydroxylation is 2. The van der Waals surface area contributed by atoms with Crippen LogP contribution in [0.4, 0.5) is 11.4 Å². The zero-order valence-corrected chi connectivity index (χ0v) is 20.0.